The van der Waals surface area contributed by atoms with E-state index in [0.29, 0.717) is 23.2 Å². The highest BCUT2D eigenvalue weighted by molar-refractivity contribution is 6.30. The van der Waals surface area contributed by atoms with Crippen LogP contribution >= 0.6 is 11.6 Å². The Balaban J connectivity index is 1.61. The number of hydrogen-bond donors (Lipinski definition) is 1. The summed E-state index contributed by atoms with van der Waals surface area (Å²) in [6.07, 6.45) is 4.10. The van der Waals surface area contributed by atoms with Crippen molar-refractivity contribution in [2.45, 2.75) is 25.4 Å². The number of H-pyrrole nitrogens is 1. The summed E-state index contributed by atoms with van der Waals surface area (Å²) in [5.74, 6) is 0.0594. The van der Waals surface area contributed by atoms with Gasteiger partial charge in [-0.3, -0.25) is 4.79 Å². The summed E-state index contributed by atoms with van der Waals surface area (Å²) in [6, 6.07) is 15.9. The molecule has 1 amide bonds. The van der Waals surface area contributed by atoms with Crippen molar-refractivity contribution in [2.75, 3.05) is 0 Å². The number of nitrogens with zero attached hydrogens (tertiary/aromatic N) is 1. The van der Waals surface area contributed by atoms with Gasteiger partial charge in [0, 0.05) is 34.9 Å². The van der Waals surface area contributed by atoms with E-state index >= 15 is 0 Å². The standard InChI is InChI=1S/C19H17ClN2O/c20-16-3-1-2-15(11-16)19(23)22(17-5-6-17)12-13-4-7-18-14(10-13)8-9-21-18/h1-4,7-11,17,21H,5-6,12H2. The number of halogens is 1. The van der Waals surface area contributed by atoms with Crippen LogP contribution in [0.3, 0.4) is 0 Å². The number of carbonyl (C=O) groups is 1. The maximum absolute atomic E-state index is 12.9. The topological polar surface area (TPSA) is 36.1 Å². The van der Waals surface area contributed by atoms with E-state index in [1.165, 1.54) is 5.39 Å². The van der Waals surface area contributed by atoms with Crippen LogP contribution in [0.1, 0.15) is 28.8 Å². The summed E-state index contributed by atoms with van der Waals surface area (Å²) in [5.41, 5.74) is 2.93. The molecule has 0 bridgehead atoms. The van der Waals surface area contributed by atoms with Crippen molar-refractivity contribution in [2.24, 2.45) is 0 Å². The minimum atomic E-state index is 0.0594. The lowest BCUT2D eigenvalue weighted by molar-refractivity contribution is 0.0730. The van der Waals surface area contributed by atoms with Crippen LogP contribution < -0.4 is 0 Å². The first-order valence-corrected chi connectivity index (χ1v) is 8.21. The number of benzene rings is 2. The van der Waals surface area contributed by atoms with Crippen molar-refractivity contribution in [3.8, 4) is 0 Å². The maximum Gasteiger partial charge on any atom is 0.254 e. The molecule has 116 valence electrons. The molecule has 0 aliphatic heterocycles. The van der Waals surface area contributed by atoms with Crippen LogP contribution in [-0.4, -0.2) is 21.8 Å². The van der Waals surface area contributed by atoms with Crippen molar-refractivity contribution in [3.63, 3.8) is 0 Å². The molecule has 1 aromatic heterocycles. The number of nitrogens with one attached hydrogen (secondary N) is 1. The normalized spacial score (nSPS) is 14.1. The average molecular weight is 325 g/mol. The average Bonchev–Trinajstić information content (AvgIpc) is 3.29. The summed E-state index contributed by atoms with van der Waals surface area (Å²) < 4.78 is 0. The Kier molecular flexibility index (Phi) is 3.58. The fourth-order valence-electron chi connectivity index (χ4n) is 2.94. The first-order valence-electron chi connectivity index (χ1n) is 7.83. The first kappa shape index (κ1) is 14.3. The summed E-state index contributed by atoms with van der Waals surface area (Å²) in [7, 11) is 0. The van der Waals surface area contributed by atoms with Gasteiger partial charge in [0.1, 0.15) is 0 Å². The highest BCUT2D eigenvalue weighted by atomic mass is 35.5. The molecule has 2 aromatic carbocycles. The molecular formula is C19H17ClN2O. The smallest absolute Gasteiger partial charge is 0.254 e. The highest BCUT2D eigenvalue weighted by Crippen LogP contribution is 2.30. The number of aromatic amines is 1. The van der Waals surface area contributed by atoms with Gasteiger partial charge in [-0.1, -0.05) is 23.7 Å². The number of carbonyl (C=O) groups excluding carboxylic acids is 1. The largest absolute Gasteiger partial charge is 0.361 e. The summed E-state index contributed by atoms with van der Waals surface area (Å²) >= 11 is 6.03. The molecule has 0 atom stereocenters. The summed E-state index contributed by atoms with van der Waals surface area (Å²) in [6.45, 7) is 0.636. The zero-order chi connectivity index (χ0) is 15.8. The molecular weight excluding hydrogens is 308 g/mol. The van der Waals surface area contributed by atoms with Gasteiger partial charge in [0.2, 0.25) is 0 Å². The Morgan fingerprint density at radius 2 is 2.04 bits per heavy atom. The maximum atomic E-state index is 12.9. The van der Waals surface area contributed by atoms with Crippen molar-refractivity contribution in [1.29, 1.82) is 0 Å². The van der Waals surface area contributed by atoms with E-state index in [9.17, 15) is 4.79 Å². The van der Waals surface area contributed by atoms with Gasteiger partial charge in [-0.25, -0.2) is 0 Å². The molecule has 0 radical (unpaired) electrons. The van der Waals surface area contributed by atoms with E-state index in [2.05, 4.69) is 29.2 Å². The predicted molar refractivity (Wildman–Crippen MR) is 92.6 cm³/mol. The van der Waals surface area contributed by atoms with E-state index < -0.39 is 0 Å². The minimum Gasteiger partial charge on any atom is -0.361 e. The van der Waals surface area contributed by atoms with Gasteiger partial charge in [-0.2, -0.15) is 0 Å². The zero-order valence-corrected chi connectivity index (χ0v) is 13.4. The molecule has 0 spiro atoms. The molecule has 1 aliphatic rings. The Morgan fingerprint density at radius 3 is 2.83 bits per heavy atom. The number of fused-ring (bicyclic) bond motifs is 1. The Morgan fingerprint density at radius 1 is 1.17 bits per heavy atom. The second-order valence-electron chi connectivity index (χ2n) is 6.07. The summed E-state index contributed by atoms with van der Waals surface area (Å²) in [5, 5.41) is 1.77. The lowest BCUT2D eigenvalue weighted by Gasteiger charge is -2.23. The lowest BCUT2D eigenvalue weighted by Crippen LogP contribution is -2.32. The van der Waals surface area contributed by atoms with Crippen LogP contribution in [0.25, 0.3) is 10.9 Å². The number of amides is 1. The number of rotatable bonds is 4. The molecule has 4 heteroatoms. The number of aromatic nitrogens is 1. The SMILES string of the molecule is O=C(c1cccc(Cl)c1)N(Cc1ccc2[nH]ccc2c1)C1CC1. The Hall–Kier alpha value is -2.26. The minimum absolute atomic E-state index is 0.0594. The Bertz CT molecular complexity index is 866. The van der Waals surface area contributed by atoms with Crippen LogP contribution in [0, 0.1) is 0 Å². The van der Waals surface area contributed by atoms with Crippen LogP contribution in [0.15, 0.2) is 54.7 Å². The second-order valence-corrected chi connectivity index (χ2v) is 6.51. The molecule has 4 rings (SSSR count). The molecule has 1 fully saturated rings. The molecule has 3 aromatic rings. The van der Waals surface area contributed by atoms with Gasteiger partial charge in [0.05, 0.1) is 0 Å². The third kappa shape index (κ3) is 2.97. The van der Waals surface area contributed by atoms with Gasteiger partial charge in [0.15, 0.2) is 0 Å². The van der Waals surface area contributed by atoms with Crippen molar-refractivity contribution < 1.29 is 4.79 Å². The summed E-state index contributed by atoms with van der Waals surface area (Å²) in [4.78, 5) is 18.0. The third-order valence-electron chi connectivity index (χ3n) is 4.29. The highest BCUT2D eigenvalue weighted by Gasteiger charge is 2.33. The van der Waals surface area contributed by atoms with E-state index in [4.69, 9.17) is 11.6 Å². The predicted octanol–water partition coefficient (Wildman–Crippen LogP) is 4.63. The number of hydrogen-bond acceptors (Lipinski definition) is 1. The van der Waals surface area contributed by atoms with Gasteiger partial charge < -0.3 is 9.88 Å². The van der Waals surface area contributed by atoms with Crippen LogP contribution in [0.4, 0.5) is 0 Å². The van der Waals surface area contributed by atoms with E-state index in [-0.39, 0.29) is 5.91 Å². The Labute approximate surface area is 139 Å². The molecule has 0 saturated heterocycles. The van der Waals surface area contributed by atoms with Crippen LogP contribution in [-0.2, 0) is 6.54 Å². The second kappa shape index (κ2) is 5.74. The van der Waals surface area contributed by atoms with Gasteiger partial charge in [0.25, 0.3) is 5.91 Å². The first-order chi connectivity index (χ1) is 11.2. The monoisotopic (exact) mass is 324 g/mol. The van der Waals surface area contributed by atoms with E-state index in [1.54, 1.807) is 12.1 Å². The van der Waals surface area contributed by atoms with E-state index in [1.807, 2.05) is 23.2 Å². The van der Waals surface area contributed by atoms with Crippen molar-refractivity contribution in [3.05, 3.63) is 70.9 Å². The molecule has 0 unspecified atom stereocenters. The van der Waals surface area contributed by atoms with Gasteiger partial charge >= 0.3 is 0 Å². The molecule has 3 nitrogen and oxygen atoms in total. The zero-order valence-electron chi connectivity index (χ0n) is 12.6. The molecule has 1 N–H and O–H groups in total. The van der Waals surface area contributed by atoms with Crippen LogP contribution in [0.2, 0.25) is 5.02 Å². The molecule has 1 aliphatic carbocycles. The molecule has 1 heterocycles. The van der Waals surface area contributed by atoms with Crippen molar-refractivity contribution in [1.82, 2.24) is 9.88 Å². The molecule has 23 heavy (non-hydrogen) atoms. The fourth-order valence-corrected chi connectivity index (χ4v) is 3.13. The molecule has 1 saturated carbocycles. The third-order valence-corrected chi connectivity index (χ3v) is 4.53. The van der Waals surface area contributed by atoms with Crippen molar-refractivity contribution >= 4 is 28.4 Å². The van der Waals surface area contributed by atoms with Crippen LogP contribution in [0.5, 0.6) is 0 Å². The quantitative estimate of drug-likeness (QED) is 0.746. The fraction of sp³-hybridized carbons (Fsp3) is 0.211. The van der Waals surface area contributed by atoms with E-state index in [0.717, 1.165) is 23.9 Å². The lowest BCUT2D eigenvalue weighted by atomic mass is 10.1. The van der Waals surface area contributed by atoms with Gasteiger partial charge in [-0.15, -0.1) is 0 Å². The van der Waals surface area contributed by atoms with Gasteiger partial charge in [-0.05, 0) is 60.2 Å².